The van der Waals surface area contributed by atoms with Crippen LogP contribution in [0.2, 0.25) is 0 Å². The topological polar surface area (TPSA) is 66.4 Å². The number of hydrogen-bond donors (Lipinski definition) is 2. The zero-order chi connectivity index (χ0) is 12.8. The summed E-state index contributed by atoms with van der Waals surface area (Å²) in [5, 5.41) is 11.5. The van der Waals surface area contributed by atoms with Crippen molar-refractivity contribution < 1.29 is 14.7 Å². The van der Waals surface area contributed by atoms with Crippen molar-refractivity contribution >= 4 is 11.9 Å². The summed E-state index contributed by atoms with van der Waals surface area (Å²) in [4.78, 5) is 22.1. The minimum Gasteiger partial charge on any atom is -0.478 e. The lowest BCUT2D eigenvalue weighted by Gasteiger charge is -2.05. The summed E-state index contributed by atoms with van der Waals surface area (Å²) in [6.07, 6.45) is 1.74. The highest BCUT2D eigenvalue weighted by molar-refractivity contribution is 5.92. The molecule has 0 radical (unpaired) electrons. The normalized spacial score (nSPS) is 11.1. The average Bonchev–Trinajstić information content (AvgIpc) is 2.35. The Hall–Kier alpha value is -2.10. The lowest BCUT2D eigenvalue weighted by Crippen LogP contribution is -2.23. The van der Waals surface area contributed by atoms with Crippen LogP contribution in [-0.4, -0.2) is 17.0 Å². The summed E-state index contributed by atoms with van der Waals surface area (Å²) in [5.74, 6) is -1.07. The van der Waals surface area contributed by atoms with Gasteiger partial charge in [-0.25, -0.2) is 4.79 Å². The summed E-state index contributed by atoms with van der Waals surface area (Å²) in [6.45, 7) is 3.93. The summed E-state index contributed by atoms with van der Waals surface area (Å²) < 4.78 is 0. The Labute approximate surface area is 100.0 Å². The molecule has 17 heavy (non-hydrogen) atoms. The molecule has 0 aromatic heterocycles. The summed E-state index contributed by atoms with van der Waals surface area (Å²) in [5.41, 5.74) is 1.77. The molecule has 0 aliphatic heterocycles. The molecule has 2 N–H and O–H groups in total. The van der Waals surface area contributed by atoms with E-state index in [2.05, 4.69) is 5.32 Å². The molecule has 0 atom stereocenters. The number of hydrogen-bond acceptors (Lipinski definition) is 2. The van der Waals surface area contributed by atoms with E-state index in [9.17, 15) is 9.59 Å². The second kappa shape index (κ2) is 5.84. The maximum absolute atomic E-state index is 11.4. The van der Waals surface area contributed by atoms with E-state index in [0.29, 0.717) is 12.1 Å². The molecule has 0 spiro atoms. The van der Waals surface area contributed by atoms with Crippen molar-refractivity contribution in [1.82, 2.24) is 5.32 Å². The van der Waals surface area contributed by atoms with Crippen LogP contribution in [0.1, 0.15) is 29.8 Å². The number of rotatable bonds is 4. The molecule has 1 amide bonds. The Morgan fingerprint density at radius 3 is 2.35 bits per heavy atom. The molecular formula is C13H15NO3. The SMILES string of the molecule is C/C=C(\C)C(=O)NCc1ccc(C(=O)O)cc1. The molecule has 0 bridgehead atoms. The number of allylic oxidation sites excluding steroid dienone is 1. The molecule has 0 saturated heterocycles. The largest absolute Gasteiger partial charge is 0.478 e. The van der Waals surface area contributed by atoms with E-state index < -0.39 is 5.97 Å². The Morgan fingerprint density at radius 1 is 1.29 bits per heavy atom. The van der Waals surface area contributed by atoms with Gasteiger partial charge in [0.1, 0.15) is 0 Å². The molecule has 1 rings (SSSR count). The smallest absolute Gasteiger partial charge is 0.335 e. The molecule has 1 aromatic carbocycles. The third-order valence-electron chi connectivity index (χ3n) is 2.45. The quantitative estimate of drug-likeness (QED) is 0.781. The molecular weight excluding hydrogens is 218 g/mol. The predicted molar refractivity (Wildman–Crippen MR) is 64.7 cm³/mol. The van der Waals surface area contributed by atoms with Crippen molar-refractivity contribution in [1.29, 1.82) is 0 Å². The van der Waals surface area contributed by atoms with Crippen molar-refractivity contribution in [3.63, 3.8) is 0 Å². The first-order valence-corrected chi connectivity index (χ1v) is 5.28. The maximum Gasteiger partial charge on any atom is 0.335 e. The van der Waals surface area contributed by atoms with Crippen molar-refractivity contribution in [2.24, 2.45) is 0 Å². The van der Waals surface area contributed by atoms with Gasteiger partial charge in [0.2, 0.25) is 5.91 Å². The molecule has 0 saturated carbocycles. The molecule has 90 valence electrons. The molecule has 0 aliphatic rings. The number of nitrogens with one attached hydrogen (secondary N) is 1. The second-order valence-electron chi connectivity index (χ2n) is 3.66. The zero-order valence-electron chi connectivity index (χ0n) is 9.86. The van der Waals surface area contributed by atoms with Crippen LogP contribution in [0.3, 0.4) is 0 Å². The van der Waals surface area contributed by atoms with E-state index in [4.69, 9.17) is 5.11 Å². The first kappa shape index (κ1) is 13.0. The van der Waals surface area contributed by atoms with Gasteiger partial charge in [0, 0.05) is 12.1 Å². The van der Waals surface area contributed by atoms with E-state index in [1.54, 1.807) is 32.1 Å². The lowest BCUT2D eigenvalue weighted by molar-refractivity contribution is -0.117. The fourth-order valence-corrected chi connectivity index (χ4v) is 1.22. The number of benzene rings is 1. The molecule has 0 aliphatic carbocycles. The van der Waals surface area contributed by atoms with Crippen LogP contribution in [0.25, 0.3) is 0 Å². The first-order valence-electron chi connectivity index (χ1n) is 5.28. The third kappa shape index (κ3) is 3.75. The van der Waals surface area contributed by atoms with Gasteiger partial charge in [-0.15, -0.1) is 0 Å². The Morgan fingerprint density at radius 2 is 1.88 bits per heavy atom. The molecule has 1 aromatic rings. The molecule has 0 fully saturated rings. The van der Waals surface area contributed by atoms with Crippen LogP contribution in [0, 0.1) is 0 Å². The van der Waals surface area contributed by atoms with Gasteiger partial charge in [-0.05, 0) is 31.5 Å². The molecule has 4 heteroatoms. The van der Waals surface area contributed by atoms with E-state index in [0.717, 1.165) is 5.56 Å². The Bertz CT molecular complexity index is 446. The summed E-state index contributed by atoms with van der Waals surface area (Å²) >= 11 is 0. The second-order valence-corrected chi connectivity index (χ2v) is 3.66. The number of carboxylic acids is 1. The van der Waals surface area contributed by atoms with Crippen molar-refractivity contribution in [3.8, 4) is 0 Å². The van der Waals surface area contributed by atoms with Gasteiger partial charge < -0.3 is 10.4 Å². The van der Waals surface area contributed by atoms with Gasteiger partial charge in [-0.3, -0.25) is 4.79 Å². The Kier molecular flexibility index (Phi) is 4.46. The minimum absolute atomic E-state index is 0.116. The molecule has 0 heterocycles. The van der Waals surface area contributed by atoms with E-state index in [1.165, 1.54) is 12.1 Å². The highest BCUT2D eigenvalue weighted by Crippen LogP contribution is 2.04. The van der Waals surface area contributed by atoms with E-state index in [1.807, 2.05) is 0 Å². The van der Waals surface area contributed by atoms with Crippen LogP contribution < -0.4 is 5.32 Å². The fourth-order valence-electron chi connectivity index (χ4n) is 1.22. The van der Waals surface area contributed by atoms with Crippen LogP contribution >= 0.6 is 0 Å². The van der Waals surface area contributed by atoms with Gasteiger partial charge in [-0.1, -0.05) is 18.2 Å². The van der Waals surface area contributed by atoms with Gasteiger partial charge >= 0.3 is 5.97 Å². The first-order chi connectivity index (χ1) is 8.04. The molecule has 4 nitrogen and oxygen atoms in total. The predicted octanol–water partition coefficient (Wildman–Crippen LogP) is 1.97. The monoisotopic (exact) mass is 233 g/mol. The molecule has 0 unspecified atom stereocenters. The lowest BCUT2D eigenvalue weighted by atomic mass is 10.1. The maximum atomic E-state index is 11.4. The third-order valence-corrected chi connectivity index (χ3v) is 2.45. The van der Waals surface area contributed by atoms with Crippen LogP contribution in [0.15, 0.2) is 35.9 Å². The fraction of sp³-hybridized carbons (Fsp3) is 0.231. The zero-order valence-corrected chi connectivity index (χ0v) is 9.86. The summed E-state index contributed by atoms with van der Waals surface area (Å²) in [6, 6.07) is 6.42. The van der Waals surface area contributed by atoms with Crippen molar-refractivity contribution in [2.75, 3.05) is 0 Å². The summed E-state index contributed by atoms with van der Waals surface area (Å²) in [7, 11) is 0. The van der Waals surface area contributed by atoms with Crippen LogP contribution in [-0.2, 0) is 11.3 Å². The van der Waals surface area contributed by atoms with Gasteiger partial charge in [0.15, 0.2) is 0 Å². The number of amides is 1. The average molecular weight is 233 g/mol. The number of carbonyl (C=O) groups excluding carboxylic acids is 1. The van der Waals surface area contributed by atoms with E-state index >= 15 is 0 Å². The van der Waals surface area contributed by atoms with E-state index in [-0.39, 0.29) is 11.5 Å². The number of carboxylic acid groups (broad SMARTS) is 1. The minimum atomic E-state index is -0.953. The van der Waals surface area contributed by atoms with Gasteiger partial charge in [0.25, 0.3) is 0 Å². The van der Waals surface area contributed by atoms with Crippen molar-refractivity contribution in [3.05, 3.63) is 47.0 Å². The standard InChI is InChI=1S/C13H15NO3/c1-3-9(2)12(15)14-8-10-4-6-11(7-5-10)13(16)17/h3-7H,8H2,1-2H3,(H,14,15)(H,16,17)/b9-3+. The highest BCUT2D eigenvalue weighted by Gasteiger charge is 2.04. The van der Waals surface area contributed by atoms with Crippen molar-refractivity contribution in [2.45, 2.75) is 20.4 Å². The van der Waals surface area contributed by atoms with Gasteiger partial charge in [0.05, 0.1) is 5.56 Å². The highest BCUT2D eigenvalue weighted by atomic mass is 16.4. The van der Waals surface area contributed by atoms with Crippen LogP contribution in [0.5, 0.6) is 0 Å². The van der Waals surface area contributed by atoms with Gasteiger partial charge in [-0.2, -0.15) is 0 Å². The Balaban J connectivity index is 2.59. The number of aromatic carboxylic acids is 1. The van der Waals surface area contributed by atoms with Crippen LogP contribution in [0.4, 0.5) is 0 Å². The number of carbonyl (C=O) groups is 2.